The molecule has 0 fully saturated rings. The van der Waals surface area contributed by atoms with Crippen LogP contribution in [0.5, 0.6) is 5.75 Å². The van der Waals surface area contributed by atoms with E-state index in [9.17, 15) is 4.79 Å². The molecule has 0 atom stereocenters. The lowest BCUT2D eigenvalue weighted by molar-refractivity contribution is -0.136. The van der Waals surface area contributed by atoms with Gasteiger partial charge in [0.25, 0.3) is 0 Å². The highest BCUT2D eigenvalue weighted by Gasteiger charge is 2.12. The molecule has 0 saturated carbocycles. The molecule has 3 N–H and O–H groups in total. The maximum Gasteiger partial charge on any atom is 0.305 e. The van der Waals surface area contributed by atoms with Crippen LogP contribution in [0.15, 0.2) is 24.3 Å². The molecule has 0 aliphatic heterocycles. The van der Waals surface area contributed by atoms with E-state index in [2.05, 4.69) is 0 Å². The first kappa shape index (κ1) is 14.3. The number of carboxylic acids is 1. The molecule has 5 heteroatoms. The number of ether oxygens (including phenoxy) is 1. The van der Waals surface area contributed by atoms with Crippen LogP contribution in [0.25, 0.3) is 0 Å². The minimum atomic E-state index is -0.814. The molecule has 1 rings (SSSR count). The minimum Gasteiger partial charge on any atom is -0.492 e. The number of anilines is 1. The average molecular weight is 252 g/mol. The number of carboxylic acid groups (broad SMARTS) is 1. The van der Waals surface area contributed by atoms with Crippen LogP contribution in [-0.4, -0.2) is 37.3 Å². The molecular weight excluding hydrogens is 232 g/mol. The van der Waals surface area contributed by atoms with E-state index in [1.807, 2.05) is 36.1 Å². The smallest absolute Gasteiger partial charge is 0.305 e. The molecule has 0 spiro atoms. The maximum atomic E-state index is 10.7. The number of nitrogens with two attached hydrogens (primary N) is 1. The molecular formula is C13H20N2O3. The Morgan fingerprint density at radius 2 is 2.11 bits per heavy atom. The Bertz CT molecular complexity index is 382. The van der Waals surface area contributed by atoms with E-state index in [0.717, 1.165) is 11.4 Å². The highest BCUT2D eigenvalue weighted by Crippen LogP contribution is 2.27. The van der Waals surface area contributed by atoms with Crippen LogP contribution in [0, 0.1) is 0 Å². The van der Waals surface area contributed by atoms with E-state index in [1.165, 1.54) is 0 Å². The van der Waals surface area contributed by atoms with E-state index in [4.69, 9.17) is 15.6 Å². The molecule has 1 aromatic rings. The van der Waals surface area contributed by atoms with Crippen molar-refractivity contribution in [1.82, 2.24) is 0 Å². The van der Waals surface area contributed by atoms with Crippen LogP contribution in [0.2, 0.25) is 0 Å². The monoisotopic (exact) mass is 252 g/mol. The maximum absolute atomic E-state index is 10.7. The third-order valence-corrected chi connectivity index (χ3v) is 2.50. The second-order valence-corrected chi connectivity index (χ2v) is 3.82. The topological polar surface area (TPSA) is 75.8 Å². The molecule has 1 aromatic carbocycles. The second kappa shape index (κ2) is 7.55. The van der Waals surface area contributed by atoms with E-state index in [-0.39, 0.29) is 6.42 Å². The van der Waals surface area contributed by atoms with Crippen LogP contribution < -0.4 is 15.4 Å². The van der Waals surface area contributed by atoms with E-state index in [0.29, 0.717) is 26.2 Å². The standard InChI is InChI=1S/C13H20N2O3/c1-2-18-12-6-4-3-5-11(12)15(10-8-14)9-7-13(16)17/h3-6H,2,7-10,14H2,1H3,(H,16,17). The van der Waals surface area contributed by atoms with Gasteiger partial charge in [0.15, 0.2) is 0 Å². The van der Waals surface area contributed by atoms with Crippen molar-refractivity contribution < 1.29 is 14.6 Å². The van der Waals surface area contributed by atoms with Crippen LogP contribution in [0.1, 0.15) is 13.3 Å². The van der Waals surface area contributed by atoms with Gasteiger partial charge < -0.3 is 20.5 Å². The zero-order chi connectivity index (χ0) is 13.4. The molecule has 0 aliphatic rings. The van der Waals surface area contributed by atoms with Crippen molar-refractivity contribution in [3.63, 3.8) is 0 Å². The lowest BCUT2D eigenvalue weighted by atomic mass is 10.2. The van der Waals surface area contributed by atoms with Crippen molar-refractivity contribution in [1.29, 1.82) is 0 Å². The molecule has 0 bridgehead atoms. The second-order valence-electron chi connectivity index (χ2n) is 3.82. The number of rotatable bonds is 8. The van der Waals surface area contributed by atoms with Crippen LogP contribution in [-0.2, 0) is 4.79 Å². The number of hydrogen-bond acceptors (Lipinski definition) is 4. The highest BCUT2D eigenvalue weighted by atomic mass is 16.5. The zero-order valence-electron chi connectivity index (χ0n) is 10.6. The summed E-state index contributed by atoms with van der Waals surface area (Å²) in [6.45, 7) is 4.00. The van der Waals surface area contributed by atoms with Gasteiger partial charge in [-0.3, -0.25) is 4.79 Å². The quantitative estimate of drug-likeness (QED) is 0.730. The van der Waals surface area contributed by atoms with E-state index >= 15 is 0 Å². The Kier molecular flexibility index (Phi) is 6.00. The Balaban J connectivity index is 2.85. The number of carbonyl (C=O) groups is 1. The number of benzene rings is 1. The van der Waals surface area contributed by atoms with Gasteiger partial charge in [-0.05, 0) is 19.1 Å². The van der Waals surface area contributed by atoms with Crippen molar-refractivity contribution in [2.75, 3.05) is 31.1 Å². The van der Waals surface area contributed by atoms with Gasteiger partial charge in [-0.2, -0.15) is 0 Å². The molecule has 0 saturated heterocycles. The summed E-state index contributed by atoms with van der Waals surface area (Å²) in [4.78, 5) is 12.6. The molecule has 0 radical (unpaired) electrons. The molecule has 100 valence electrons. The van der Waals surface area contributed by atoms with Gasteiger partial charge in [0.1, 0.15) is 5.75 Å². The van der Waals surface area contributed by atoms with Gasteiger partial charge in [-0.25, -0.2) is 0 Å². The first-order valence-corrected chi connectivity index (χ1v) is 6.07. The third-order valence-electron chi connectivity index (χ3n) is 2.50. The summed E-state index contributed by atoms with van der Waals surface area (Å²) in [6.07, 6.45) is 0.0838. The number of para-hydroxylation sites is 2. The SMILES string of the molecule is CCOc1ccccc1N(CCN)CCC(=O)O. The van der Waals surface area contributed by atoms with Gasteiger partial charge in [-0.15, -0.1) is 0 Å². The fourth-order valence-corrected chi connectivity index (χ4v) is 1.74. The van der Waals surface area contributed by atoms with Gasteiger partial charge >= 0.3 is 5.97 Å². The zero-order valence-corrected chi connectivity index (χ0v) is 10.6. The molecule has 0 unspecified atom stereocenters. The molecule has 5 nitrogen and oxygen atoms in total. The van der Waals surface area contributed by atoms with Crippen molar-refractivity contribution in [3.05, 3.63) is 24.3 Å². The Morgan fingerprint density at radius 3 is 2.72 bits per heavy atom. The summed E-state index contributed by atoms with van der Waals surface area (Å²) < 4.78 is 5.54. The Hall–Kier alpha value is -1.75. The van der Waals surface area contributed by atoms with Crippen LogP contribution in [0.4, 0.5) is 5.69 Å². The summed E-state index contributed by atoms with van der Waals surface area (Å²) in [5, 5.41) is 8.76. The number of aliphatic carboxylic acids is 1. The van der Waals surface area contributed by atoms with E-state index in [1.54, 1.807) is 0 Å². The predicted molar refractivity (Wildman–Crippen MR) is 71.1 cm³/mol. The minimum absolute atomic E-state index is 0.0838. The predicted octanol–water partition coefficient (Wildman–Crippen LogP) is 1.33. The third kappa shape index (κ3) is 4.25. The van der Waals surface area contributed by atoms with Crippen molar-refractivity contribution in [2.24, 2.45) is 5.73 Å². The average Bonchev–Trinajstić information content (AvgIpc) is 2.35. The fraction of sp³-hybridized carbons (Fsp3) is 0.462. The summed E-state index contributed by atoms with van der Waals surface area (Å²) in [5.74, 6) is -0.0512. The lowest BCUT2D eigenvalue weighted by Crippen LogP contribution is -2.31. The number of nitrogens with zero attached hydrogens (tertiary/aromatic N) is 1. The van der Waals surface area contributed by atoms with Crippen molar-refractivity contribution in [3.8, 4) is 5.75 Å². The molecule has 0 heterocycles. The Morgan fingerprint density at radius 1 is 1.39 bits per heavy atom. The molecule has 0 aromatic heterocycles. The molecule has 0 aliphatic carbocycles. The van der Waals surface area contributed by atoms with Crippen LogP contribution >= 0.6 is 0 Å². The normalized spacial score (nSPS) is 10.1. The fourth-order valence-electron chi connectivity index (χ4n) is 1.74. The van der Waals surface area contributed by atoms with Gasteiger partial charge in [0.05, 0.1) is 18.7 Å². The summed E-state index contributed by atoms with van der Waals surface area (Å²) in [6, 6.07) is 7.60. The van der Waals surface area contributed by atoms with Gasteiger partial charge in [0.2, 0.25) is 0 Å². The lowest BCUT2D eigenvalue weighted by Gasteiger charge is -2.25. The van der Waals surface area contributed by atoms with Crippen LogP contribution in [0.3, 0.4) is 0 Å². The highest BCUT2D eigenvalue weighted by molar-refractivity contribution is 5.68. The van der Waals surface area contributed by atoms with Gasteiger partial charge in [0, 0.05) is 19.6 Å². The summed E-state index contributed by atoms with van der Waals surface area (Å²) in [7, 11) is 0. The molecule has 18 heavy (non-hydrogen) atoms. The first-order valence-electron chi connectivity index (χ1n) is 6.07. The molecule has 0 amide bonds. The summed E-state index contributed by atoms with van der Waals surface area (Å²) >= 11 is 0. The van der Waals surface area contributed by atoms with Crippen molar-refractivity contribution >= 4 is 11.7 Å². The largest absolute Gasteiger partial charge is 0.492 e. The van der Waals surface area contributed by atoms with Crippen molar-refractivity contribution in [2.45, 2.75) is 13.3 Å². The first-order chi connectivity index (χ1) is 8.69. The van der Waals surface area contributed by atoms with Gasteiger partial charge in [-0.1, -0.05) is 12.1 Å². The number of hydrogen-bond donors (Lipinski definition) is 2. The summed E-state index contributed by atoms with van der Waals surface area (Å²) in [5.41, 5.74) is 6.46. The Labute approximate surface area is 107 Å². The van der Waals surface area contributed by atoms with E-state index < -0.39 is 5.97 Å².